The molecule has 0 heterocycles. The molecule has 1 aliphatic carbocycles. The van der Waals surface area contributed by atoms with Gasteiger partial charge in [0, 0.05) is 12.7 Å². The van der Waals surface area contributed by atoms with E-state index in [9.17, 15) is 9.59 Å². The predicted molar refractivity (Wildman–Crippen MR) is 105 cm³/mol. The lowest BCUT2D eigenvalue weighted by Crippen LogP contribution is -2.40. The molecule has 0 spiro atoms. The van der Waals surface area contributed by atoms with Crippen LogP contribution < -0.4 is 0 Å². The molecule has 0 saturated heterocycles. The Bertz CT molecular complexity index is 788. The minimum Gasteiger partial charge on any atom is -0.498 e. The van der Waals surface area contributed by atoms with Gasteiger partial charge < -0.3 is 18.9 Å². The Hall–Kier alpha value is -2.86. The number of hydrogen-bond acceptors (Lipinski definition) is 6. The van der Waals surface area contributed by atoms with Gasteiger partial charge in [0.1, 0.15) is 11.9 Å². The molecule has 0 radical (unpaired) electrons. The Labute approximate surface area is 165 Å². The second-order valence-corrected chi connectivity index (χ2v) is 6.35. The normalized spacial score (nSPS) is 17.1. The van der Waals surface area contributed by atoms with Gasteiger partial charge >= 0.3 is 11.9 Å². The van der Waals surface area contributed by atoms with Crippen molar-refractivity contribution in [3.8, 4) is 0 Å². The zero-order chi connectivity index (χ0) is 20.7. The maximum atomic E-state index is 12.5. The molecule has 0 aromatic heterocycles. The van der Waals surface area contributed by atoms with Gasteiger partial charge in [-0.15, -0.1) is 0 Å². The predicted octanol–water partition coefficient (Wildman–Crippen LogP) is 3.30. The smallest absolute Gasteiger partial charge is 0.327 e. The maximum absolute atomic E-state index is 12.5. The zero-order valence-corrected chi connectivity index (χ0v) is 16.9. The van der Waals surface area contributed by atoms with E-state index in [0.29, 0.717) is 11.3 Å². The molecule has 150 valence electrons. The summed E-state index contributed by atoms with van der Waals surface area (Å²) in [4.78, 5) is 25.1. The Morgan fingerprint density at radius 3 is 2.07 bits per heavy atom. The van der Waals surface area contributed by atoms with E-state index in [1.54, 1.807) is 26.4 Å². The number of esters is 2. The van der Waals surface area contributed by atoms with Gasteiger partial charge in [0.2, 0.25) is 0 Å². The molecule has 0 aliphatic heterocycles. The van der Waals surface area contributed by atoms with E-state index in [0.717, 1.165) is 11.1 Å². The van der Waals surface area contributed by atoms with Crippen LogP contribution in [0.5, 0.6) is 0 Å². The summed E-state index contributed by atoms with van der Waals surface area (Å²) >= 11 is 0. The molecule has 0 bridgehead atoms. The van der Waals surface area contributed by atoms with Crippen molar-refractivity contribution in [2.45, 2.75) is 19.4 Å². The highest BCUT2D eigenvalue weighted by Gasteiger charge is 2.47. The highest BCUT2D eigenvalue weighted by atomic mass is 16.5. The second-order valence-electron chi connectivity index (χ2n) is 6.35. The largest absolute Gasteiger partial charge is 0.498 e. The number of benzene rings is 1. The third kappa shape index (κ3) is 4.02. The van der Waals surface area contributed by atoms with Crippen molar-refractivity contribution < 1.29 is 28.5 Å². The van der Waals surface area contributed by atoms with Crippen molar-refractivity contribution in [2.24, 2.45) is 5.41 Å². The number of rotatable bonds is 7. The Kier molecular flexibility index (Phi) is 7.18. The molecule has 0 amide bonds. The molecule has 1 aromatic rings. The monoisotopic (exact) mass is 386 g/mol. The van der Waals surface area contributed by atoms with Gasteiger partial charge in [-0.05, 0) is 30.6 Å². The van der Waals surface area contributed by atoms with Crippen molar-refractivity contribution in [1.29, 1.82) is 0 Å². The summed E-state index contributed by atoms with van der Waals surface area (Å²) < 4.78 is 21.0. The van der Waals surface area contributed by atoms with Gasteiger partial charge in [-0.1, -0.05) is 42.5 Å². The fraction of sp³-hybridized carbons (Fsp3) is 0.364. The number of carbonyl (C=O) groups excluding carboxylic acids is 2. The summed E-state index contributed by atoms with van der Waals surface area (Å²) in [5.41, 5.74) is 0.687. The number of carbonyl (C=O) groups is 2. The van der Waals surface area contributed by atoms with Crippen LogP contribution in [0.2, 0.25) is 0 Å². The average molecular weight is 386 g/mol. The third-order valence-corrected chi connectivity index (χ3v) is 4.78. The Balaban J connectivity index is 2.77. The van der Waals surface area contributed by atoms with E-state index in [4.69, 9.17) is 18.9 Å². The van der Waals surface area contributed by atoms with Gasteiger partial charge in [0.05, 0.1) is 21.3 Å². The van der Waals surface area contributed by atoms with Gasteiger partial charge in [0.25, 0.3) is 0 Å². The molecular weight excluding hydrogens is 360 g/mol. The standard InChI is InChI=1S/C22H26O6/c1-15(25-2)19(26-3)18(16-10-7-6-8-11-16)17-12-9-13-22(14-17,20(23)27-4)21(24)28-5/h6-12,14-15H,13H2,1-5H3. The van der Waals surface area contributed by atoms with E-state index in [1.807, 2.05) is 43.3 Å². The molecule has 0 saturated carbocycles. The highest BCUT2D eigenvalue weighted by Crippen LogP contribution is 2.39. The van der Waals surface area contributed by atoms with Crippen molar-refractivity contribution in [1.82, 2.24) is 0 Å². The minimum absolute atomic E-state index is 0.153. The highest BCUT2D eigenvalue weighted by molar-refractivity contribution is 6.04. The second kappa shape index (κ2) is 9.37. The van der Waals surface area contributed by atoms with Crippen LogP contribution in [0, 0.1) is 5.41 Å². The zero-order valence-electron chi connectivity index (χ0n) is 16.9. The third-order valence-electron chi connectivity index (χ3n) is 4.78. The van der Waals surface area contributed by atoms with Gasteiger partial charge in [0.15, 0.2) is 5.41 Å². The van der Waals surface area contributed by atoms with Crippen LogP contribution >= 0.6 is 0 Å². The van der Waals surface area contributed by atoms with Gasteiger partial charge in [-0.2, -0.15) is 0 Å². The molecule has 6 nitrogen and oxygen atoms in total. The first-order valence-electron chi connectivity index (χ1n) is 8.88. The number of allylic oxidation sites excluding steroid dienone is 4. The van der Waals surface area contributed by atoms with Crippen LogP contribution in [0.3, 0.4) is 0 Å². The summed E-state index contributed by atoms with van der Waals surface area (Å²) in [6, 6.07) is 9.57. The molecular formula is C22H26O6. The van der Waals surface area contributed by atoms with Crippen molar-refractivity contribution in [2.75, 3.05) is 28.4 Å². The fourth-order valence-electron chi connectivity index (χ4n) is 3.27. The van der Waals surface area contributed by atoms with Crippen molar-refractivity contribution >= 4 is 17.5 Å². The first kappa shape index (κ1) is 21.4. The molecule has 1 aromatic carbocycles. The summed E-state index contributed by atoms with van der Waals surface area (Å²) in [5.74, 6) is -0.769. The topological polar surface area (TPSA) is 71.1 Å². The van der Waals surface area contributed by atoms with Crippen LogP contribution in [-0.4, -0.2) is 46.5 Å². The lowest BCUT2D eigenvalue weighted by molar-refractivity contribution is -0.164. The summed E-state index contributed by atoms with van der Waals surface area (Å²) in [5, 5.41) is 0. The first-order valence-corrected chi connectivity index (χ1v) is 8.88. The van der Waals surface area contributed by atoms with Crippen LogP contribution in [0.15, 0.2) is 59.9 Å². The SMILES string of the molecule is COC(=O)C1(C(=O)OC)C=C(C(=C(OC)C(C)OC)c2ccccc2)C=CC1. The number of ether oxygens (including phenoxy) is 4. The number of methoxy groups -OCH3 is 4. The lowest BCUT2D eigenvalue weighted by Gasteiger charge is -2.29. The van der Waals surface area contributed by atoms with E-state index in [1.165, 1.54) is 14.2 Å². The van der Waals surface area contributed by atoms with E-state index in [-0.39, 0.29) is 12.5 Å². The van der Waals surface area contributed by atoms with E-state index < -0.39 is 17.4 Å². The van der Waals surface area contributed by atoms with Gasteiger partial charge in [-0.3, -0.25) is 9.59 Å². The molecule has 2 rings (SSSR count). The van der Waals surface area contributed by atoms with Crippen molar-refractivity contribution in [3.05, 3.63) is 65.5 Å². The Morgan fingerprint density at radius 2 is 1.57 bits per heavy atom. The number of hydrogen-bond donors (Lipinski definition) is 0. The van der Waals surface area contributed by atoms with Gasteiger partial charge in [-0.25, -0.2) is 0 Å². The molecule has 1 aliphatic rings. The van der Waals surface area contributed by atoms with E-state index >= 15 is 0 Å². The van der Waals surface area contributed by atoms with Crippen LogP contribution in [0.25, 0.3) is 5.57 Å². The molecule has 6 heteroatoms. The molecule has 1 atom stereocenters. The molecule has 1 unspecified atom stereocenters. The van der Waals surface area contributed by atoms with Crippen molar-refractivity contribution in [3.63, 3.8) is 0 Å². The summed E-state index contributed by atoms with van der Waals surface area (Å²) in [6.07, 6.45) is 5.02. The van der Waals surface area contributed by atoms with Crippen LogP contribution in [-0.2, 0) is 28.5 Å². The minimum atomic E-state index is -1.55. The van der Waals surface area contributed by atoms with Crippen LogP contribution in [0.4, 0.5) is 0 Å². The quantitative estimate of drug-likeness (QED) is 0.407. The van der Waals surface area contributed by atoms with E-state index in [2.05, 4.69) is 0 Å². The summed E-state index contributed by atoms with van der Waals surface area (Å²) in [6.45, 7) is 1.86. The first-order chi connectivity index (χ1) is 13.4. The Morgan fingerprint density at radius 1 is 0.964 bits per heavy atom. The average Bonchev–Trinajstić information content (AvgIpc) is 2.76. The van der Waals surface area contributed by atoms with Crippen LogP contribution in [0.1, 0.15) is 18.9 Å². The molecule has 28 heavy (non-hydrogen) atoms. The fourth-order valence-corrected chi connectivity index (χ4v) is 3.27. The lowest BCUT2D eigenvalue weighted by atomic mass is 9.77. The molecule has 0 fully saturated rings. The maximum Gasteiger partial charge on any atom is 0.327 e. The summed E-state index contributed by atoms with van der Waals surface area (Å²) in [7, 11) is 5.65. The molecule has 0 N–H and O–H groups in total.